The average molecular weight is 244 g/mol. The largest absolute Gasteiger partial charge is 0.490 e. The van der Waals surface area contributed by atoms with Crippen LogP contribution in [0.4, 0.5) is 0 Å². The van der Waals surface area contributed by atoms with Crippen LogP contribution in [-0.2, 0) is 0 Å². The molecule has 1 saturated carbocycles. The van der Waals surface area contributed by atoms with Crippen LogP contribution in [0.25, 0.3) is 0 Å². The molecule has 2 rings (SSSR count). The molecule has 1 aliphatic rings. The monoisotopic (exact) mass is 243 g/mol. The van der Waals surface area contributed by atoms with Gasteiger partial charge >= 0.3 is 5.97 Å². The minimum absolute atomic E-state index is 0. The van der Waals surface area contributed by atoms with E-state index in [9.17, 15) is 4.79 Å². The van der Waals surface area contributed by atoms with E-state index in [1.807, 2.05) is 0 Å². The molecule has 16 heavy (non-hydrogen) atoms. The number of nitrogens with zero attached hydrogens (tertiary/aromatic N) is 1. The van der Waals surface area contributed by atoms with Gasteiger partial charge in [-0.15, -0.1) is 12.4 Å². The van der Waals surface area contributed by atoms with Crippen molar-refractivity contribution in [1.82, 2.24) is 4.98 Å². The first-order valence-corrected chi connectivity index (χ1v) is 5.12. The smallest absolute Gasteiger partial charge is 0.354 e. The molecule has 1 fully saturated rings. The molecular weight excluding hydrogens is 230 g/mol. The van der Waals surface area contributed by atoms with Crippen LogP contribution < -0.4 is 4.74 Å². The van der Waals surface area contributed by atoms with Crippen LogP contribution in [0.2, 0.25) is 0 Å². The van der Waals surface area contributed by atoms with Crippen molar-refractivity contribution in [2.45, 2.75) is 31.8 Å². The highest BCUT2D eigenvalue weighted by molar-refractivity contribution is 5.85. The summed E-state index contributed by atoms with van der Waals surface area (Å²) in [5.74, 6) is -0.416. The van der Waals surface area contributed by atoms with Gasteiger partial charge in [0.05, 0.1) is 6.10 Å². The fourth-order valence-electron chi connectivity index (χ4n) is 1.80. The van der Waals surface area contributed by atoms with E-state index < -0.39 is 5.97 Å². The zero-order valence-corrected chi connectivity index (χ0v) is 9.57. The van der Waals surface area contributed by atoms with E-state index in [1.165, 1.54) is 25.1 Å². The molecule has 0 unspecified atom stereocenters. The maximum absolute atomic E-state index is 10.7. The molecule has 0 spiro atoms. The predicted molar refractivity (Wildman–Crippen MR) is 61.3 cm³/mol. The van der Waals surface area contributed by atoms with Crippen LogP contribution in [0.15, 0.2) is 18.3 Å². The summed E-state index contributed by atoms with van der Waals surface area (Å²) < 4.78 is 5.66. The maximum Gasteiger partial charge on any atom is 0.354 e. The Bertz CT molecular complexity index is 364. The predicted octanol–water partition coefficient (Wildman–Crippen LogP) is 2.52. The maximum atomic E-state index is 10.7. The van der Waals surface area contributed by atoms with Gasteiger partial charge in [-0.2, -0.15) is 0 Å². The summed E-state index contributed by atoms with van der Waals surface area (Å²) >= 11 is 0. The third kappa shape index (κ3) is 3.10. The zero-order valence-electron chi connectivity index (χ0n) is 8.76. The van der Waals surface area contributed by atoms with Crippen molar-refractivity contribution < 1.29 is 14.6 Å². The molecule has 1 aromatic rings. The number of rotatable bonds is 3. The molecule has 1 aliphatic carbocycles. The highest BCUT2D eigenvalue weighted by atomic mass is 35.5. The van der Waals surface area contributed by atoms with Crippen LogP contribution in [0.1, 0.15) is 36.2 Å². The number of pyridine rings is 1. The van der Waals surface area contributed by atoms with Gasteiger partial charge in [-0.25, -0.2) is 9.78 Å². The summed E-state index contributed by atoms with van der Waals surface area (Å²) in [5, 5.41) is 8.75. The number of aromatic nitrogens is 1. The molecule has 0 bridgehead atoms. The third-order valence-corrected chi connectivity index (χ3v) is 2.56. The van der Waals surface area contributed by atoms with E-state index in [-0.39, 0.29) is 24.2 Å². The van der Waals surface area contributed by atoms with Gasteiger partial charge in [-0.05, 0) is 31.7 Å². The molecule has 0 atom stereocenters. The van der Waals surface area contributed by atoms with Gasteiger partial charge in [0.15, 0.2) is 5.69 Å². The number of aromatic carboxylic acids is 1. The van der Waals surface area contributed by atoms with Gasteiger partial charge in [-0.3, -0.25) is 0 Å². The van der Waals surface area contributed by atoms with Crippen LogP contribution >= 0.6 is 12.4 Å². The Morgan fingerprint density at radius 2 is 2.12 bits per heavy atom. The molecule has 0 saturated heterocycles. The summed E-state index contributed by atoms with van der Waals surface area (Å²) in [7, 11) is 0. The Morgan fingerprint density at radius 1 is 1.44 bits per heavy atom. The quantitative estimate of drug-likeness (QED) is 0.886. The number of ether oxygens (including phenoxy) is 1. The fourth-order valence-corrected chi connectivity index (χ4v) is 1.80. The minimum atomic E-state index is -1.02. The molecule has 1 N–H and O–H groups in total. The van der Waals surface area contributed by atoms with E-state index in [4.69, 9.17) is 9.84 Å². The van der Waals surface area contributed by atoms with Crippen molar-refractivity contribution >= 4 is 18.4 Å². The number of carboxylic acid groups (broad SMARTS) is 1. The number of carbonyl (C=O) groups is 1. The van der Waals surface area contributed by atoms with E-state index in [0.29, 0.717) is 5.75 Å². The number of hydrogen-bond donors (Lipinski definition) is 1. The van der Waals surface area contributed by atoms with E-state index in [0.717, 1.165) is 12.8 Å². The molecule has 0 radical (unpaired) electrons. The Kier molecular flexibility index (Phi) is 4.55. The second-order valence-electron chi connectivity index (χ2n) is 3.71. The lowest BCUT2D eigenvalue weighted by Crippen LogP contribution is -2.11. The highest BCUT2D eigenvalue weighted by Gasteiger charge is 2.17. The SMILES string of the molecule is Cl.O=C(O)c1cc(OC2CCCC2)ccn1. The zero-order chi connectivity index (χ0) is 10.7. The van der Waals surface area contributed by atoms with Gasteiger partial charge < -0.3 is 9.84 Å². The van der Waals surface area contributed by atoms with Gasteiger partial charge in [-0.1, -0.05) is 0 Å². The molecular formula is C11H14ClNO3. The molecule has 4 nitrogen and oxygen atoms in total. The van der Waals surface area contributed by atoms with E-state index >= 15 is 0 Å². The Labute approximate surface area is 100 Å². The minimum Gasteiger partial charge on any atom is -0.490 e. The number of hydrogen-bond acceptors (Lipinski definition) is 3. The van der Waals surface area contributed by atoms with Crippen LogP contribution in [-0.4, -0.2) is 22.2 Å². The molecule has 5 heteroatoms. The van der Waals surface area contributed by atoms with Crippen molar-refractivity contribution in [3.63, 3.8) is 0 Å². The molecule has 0 amide bonds. The Balaban J connectivity index is 0.00000128. The summed E-state index contributed by atoms with van der Waals surface area (Å²) in [6.07, 6.45) is 6.22. The molecule has 0 aliphatic heterocycles. The van der Waals surface area contributed by atoms with E-state index in [2.05, 4.69) is 4.98 Å². The topological polar surface area (TPSA) is 59.4 Å². The molecule has 1 heterocycles. The lowest BCUT2D eigenvalue weighted by molar-refractivity contribution is 0.0689. The van der Waals surface area contributed by atoms with Crippen LogP contribution in [0, 0.1) is 0 Å². The van der Waals surface area contributed by atoms with Crippen molar-refractivity contribution in [2.24, 2.45) is 0 Å². The van der Waals surface area contributed by atoms with Crippen molar-refractivity contribution in [3.8, 4) is 5.75 Å². The standard InChI is InChI=1S/C11H13NO3.ClH/c13-11(14)10-7-9(5-6-12-10)15-8-3-1-2-4-8;/h5-8H,1-4H2,(H,13,14);1H. The van der Waals surface area contributed by atoms with Gasteiger partial charge in [0.25, 0.3) is 0 Å². The van der Waals surface area contributed by atoms with Crippen molar-refractivity contribution in [2.75, 3.05) is 0 Å². The summed E-state index contributed by atoms with van der Waals surface area (Å²) in [6, 6.07) is 3.17. The van der Waals surface area contributed by atoms with Crippen molar-refractivity contribution in [1.29, 1.82) is 0 Å². The molecule has 0 aromatic carbocycles. The first kappa shape index (κ1) is 12.8. The van der Waals surface area contributed by atoms with Crippen LogP contribution in [0.3, 0.4) is 0 Å². The highest BCUT2D eigenvalue weighted by Crippen LogP contribution is 2.23. The Morgan fingerprint density at radius 3 is 2.75 bits per heavy atom. The molecule has 88 valence electrons. The van der Waals surface area contributed by atoms with Gasteiger partial charge in [0.2, 0.25) is 0 Å². The lowest BCUT2D eigenvalue weighted by atomic mass is 10.3. The number of halogens is 1. The van der Waals surface area contributed by atoms with Gasteiger partial charge in [0, 0.05) is 12.3 Å². The average Bonchev–Trinajstić information content (AvgIpc) is 2.71. The lowest BCUT2D eigenvalue weighted by Gasteiger charge is -2.12. The first-order valence-electron chi connectivity index (χ1n) is 5.12. The number of carboxylic acids is 1. The summed E-state index contributed by atoms with van der Waals surface area (Å²) in [6.45, 7) is 0. The summed E-state index contributed by atoms with van der Waals surface area (Å²) in [5.41, 5.74) is 0.0329. The second kappa shape index (κ2) is 5.70. The second-order valence-corrected chi connectivity index (χ2v) is 3.71. The Hall–Kier alpha value is -1.29. The fraction of sp³-hybridized carbons (Fsp3) is 0.455. The van der Waals surface area contributed by atoms with Gasteiger partial charge in [0.1, 0.15) is 5.75 Å². The third-order valence-electron chi connectivity index (χ3n) is 2.56. The first-order chi connectivity index (χ1) is 7.25. The summed E-state index contributed by atoms with van der Waals surface area (Å²) in [4.78, 5) is 14.4. The molecule has 1 aromatic heterocycles. The van der Waals surface area contributed by atoms with Crippen LogP contribution in [0.5, 0.6) is 5.75 Å². The normalized spacial score (nSPS) is 15.5. The van der Waals surface area contributed by atoms with Crippen molar-refractivity contribution in [3.05, 3.63) is 24.0 Å². The van der Waals surface area contributed by atoms with E-state index in [1.54, 1.807) is 6.07 Å².